The molecule has 102 valence electrons. The molecule has 0 amide bonds. The van der Waals surface area contributed by atoms with Crippen LogP contribution in [0.15, 0.2) is 24.3 Å². The average Bonchev–Trinajstić information content (AvgIpc) is 2.33. The minimum atomic E-state index is 0.531. The summed E-state index contributed by atoms with van der Waals surface area (Å²) in [5.41, 5.74) is 1.32. The van der Waals surface area contributed by atoms with Crippen LogP contribution in [0.5, 0.6) is 0 Å². The Morgan fingerprint density at radius 1 is 1.22 bits per heavy atom. The second-order valence-corrected chi connectivity index (χ2v) is 5.93. The fraction of sp³-hybridized carbons (Fsp3) is 0.625. The molecule has 18 heavy (non-hydrogen) atoms. The Morgan fingerprint density at radius 3 is 2.50 bits per heavy atom. The van der Waals surface area contributed by atoms with Gasteiger partial charge in [0.15, 0.2) is 0 Å². The lowest BCUT2D eigenvalue weighted by Gasteiger charge is -2.28. The van der Waals surface area contributed by atoms with E-state index in [9.17, 15) is 0 Å². The molecule has 0 saturated carbocycles. The lowest BCUT2D eigenvalue weighted by Crippen LogP contribution is -2.39. The predicted molar refractivity (Wildman–Crippen MR) is 81.2 cm³/mol. The van der Waals surface area contributed by atoms with E-state index in [1.165, 1.54) is 12.0 Å². The van der Waals surface area contributed by atoms with E-state index >= 15 is 0 Å². The Balaban J connectivity index is 2.71. The van der Waals surface area contributed by atoms with Gasteiger partial charge in [-0.3, -0.25) is 0 Å². The van der Waals surface area contributed by atoms with Crippen molar-refractivity contribution in [1.29, 1.82) is 0 Å². The lowest BCUT2D eigenvalue weighted by molar-refractivity contribution is 0.297. The molecule has 2 atom stereocenters. The molecule has 0 bridgehead atoms. The van der Waals surface area contributed by atoms with Crippen molar-refractivity contribution >= 4 is 11.6 Å². The second kappa shape index (κ2) is 7.81. The third-order valence-electron chi connectivity index (χ3n) is 3.69. The van der Waals surface area contributed by atoms with E-state index in [-0.39, 0.29) is 0 Å². The number of rotatable bonds is 7. The summed E-state index contributed by atoms with van der Waals surface area (Å²) in [4.78, 5) is 0. The first-order valence-corrected chi connectivity index (χ1v) is 7.40. The van der Waals surface area contributed by atoms with Crippen LogP contribution in [0.3, 0.4) is 0 Å². The summed E-state index contributed by atoms with van der Waals surface area (Å²) < 4.78 is 0. The normalized spacial score (nSPS) is 14.8. The van der Waals surface area contributed by atoms with Crippen LogP contribution in [-0.4, -0.2) is 12.6 Å². The SMILES string of the molecule is CCCNC(Cc1cccc(Cl)c1)C(C)C(C)C. The van der Waals surface area contributed by atoms with Crippen molar-refractivity contribution < 1.29 is 0 Å². The van der Waals surface area contributed by atoms with E-state index in [0.717, 1.165) is 18.0 Å². The zero-order valence-electron chi connectivity index (χ0n) is 12.0. The first kappa shape index (κ1) is 15.5. The van der Waals surface area contributed by atoms with Gasteiger partial charge >= 0.3 is 0 Å². The third-order valence-corrected chi connectivity index (χ3v) is 3.92. The highest BCUT2D eigenvalue weighted by Crippen LogP contribution is 2.20. The molecule has 1 rings (SSSR count). The number of hydrogen-bond acceptors (Lipinski definition) is 1. The van der Waals surface area contributed by atoms with E-state index in [0.29, 0.717) is 17.9 Å². The van der Waals surface area contributed by atoms with E-state index in [4.69, 9.17) is 11.6 Å². The Labute approximate surface area is 117 Å². The second-order valence-electron chi connectivity index (χ2n) is 5.50. The summed E-state index contributed by atoms with van der Waals surface area (Å²) in [7, 11) is 0. The maximum absolute atomic E-state index is 6.05. The van der Waals surface area contributed by atoms with Gasteiger partial charge in [-0.2, -0.15) is 0 Å². The molecule has 1 nitrogen and oxygen atoms in total. The Hall–Kier alpha value is -0.530. The lowest BCUT2D eigenvalue weighted by atomic mass is 9.86. The summed E-state index contributed by atoms with van der Waals surface area (Å²) in [6, 6.07) is 8.75. The van der Waals surface area contributed by atoms with E-state index in [2.05, 4.69) is 45.1 Å². The molecule has 0 saturated heterocycles. The van der Waals surface area contributed by atoms with Crippen LogP contribution in [0.4, 0.5) is 0 Å². The molecule has 0 aliphatic rings. The highest BCUT2D eigenvalue weighted by Gasteiger charge is 2.19. The molecule has 0 aliphatic heterocycles. The number of halogens is 1. The zero-order chi connectivity index (χ0) is 13.5. The van der Waals surface area contributed by atoms with Crippen LogP contribution in [-0.2, 0) is 6.42 Å². The molecule has 1 aromatic rings. The topological polar surface area (TPSA) is 12.0 Å². The van der Waals surface area contributed by atoms with E-state index < -0.39 is 0 Å². The Morgan fingerprint density at radius 2 is 1.94 bits per heavy atom. The van der Waals surface area contributed by atoms with Crippen molar-refractivity contribution in [1.82, 2.24) is 5.32 Å². The van der Waals surface area contributed by atoms with Crippen molar-refractivity contribution in [3.05, 3.63) is 34.9 Å². The predicted octanol–water partition coefficient (Wildman–Crippen LogP) is 4.54. The van der Waals surface area contributed by atoms with Gasteiger partial charge < -0.3 is 5.32 Å². The Bertz CT molecular complexity index is 349. The molecular formula is C16H26ClN. The van der Waals surface area contributed by atoms with Crippen molar-refractivity contribution in [2.75, 3.05) is 6.54 Å². The molecule has 0 fully saturated rings. The van der Waals surface area contributed by atoms with Gasteiger partial charge in [-0.25, -0.2) is 0 Å². The van der Waals surface area contributed by atoms with Gasteiger partial charge in [-0.15, -0.1) is 0 Å². The minimum absolute atomic E-state index is 0.531. The number of nitrogens with one attached hydrogen (secondary N) is 1. The Kier molecular flexibility index (Phi) is 6.73. The van der Waals surface area contributed by atoms with Crippen molar-refractivity contribution in [3.63, 3.8) is 0 Å². The number of hydrogen-bond donors (Lipinski definition) is 1. The smallest absolute Gasteiger partial charge is 0.0408 e. The van der Waals surface area contributed by atoms with E-state index in [1.54, 1.807) is 0 Å². The van der Waals surface area contributed by atoms with Crippen molar-refractivity contribution in [2.24, 2.45) is 11.8 Å². The van der Waals surface area contributed by atoms with Gasteiger partial charge in [0.25, 0.3) is 0 Å². The fourth-order valence-electron chi connectivity index (χ4n) is 2.16. The van der Waals surface area contributed by atoms with Crippen LogP contribution >= 0.6 is 11.6 Å². The molecular weight excluding hydrogens is 242 g/mol. The van der Waals surface area contributed by atoms with Crippen molar-refractivity contribution in [2.45, 2.75) is 46.6 Å². The highest BCUT2D eigenvalue weighted by atomic mass is 35.5. The first-order chi connectivity index (χ1) is 8.54. The van der Waals surface area contributed by atoms with Gasteiger partial charge in [0.05, 0.1) is 0 Å². The van der Waals surface area contributed by atoms with Crippen LogP contribution in [0.1, 0.15) is 39.7 Å². The number of benzene rings is 1. The van der Waals surface area contributed by atoms with Crippen LogP contribution in [0.2, 0.25) is 5.02 Å². The standard InChI is InChI=1S/C16H26ClN/c1-5-9-18-16(13(4)12(2)3)11-14-7-6-8-15(17)10-14/h6-8,10,12-13,16,18H,5,9,11H2,1-4H3. The zero-order valence-corrected chi connectivity index (χ0v) is 12.8. The van der Waals surface area contributed by atoms with Gasteiger partial charge in [0.2, 0.25) is 0 Å². The molecule has 0 aliphatic carbocycles. The van der Waals surface area contributed by atoms with Crippen molar-refractivity contribution in [3.8, 4) is 0 Å². The van der Waals surface area contributed by atoms with Gasteiger partial charge in [-0.1, -0.05) is 51.4 Å². The third kappa shape index (κ3) is 4.99. The maximum Gasteiger partial charge on any atom is 0.0408 e. The monoisotopic (exact) mass is 267 g/mol. The molecule has 0 radical (unpaired) electrons. The van der Waals surface area contributed by atoms with Crippen LogP contribution in [0, 0.1) is 11.8 Å². The molecule has 2 unspecified atom stereocenters. The highest BCUT2D eigenvalue weighted by molar-refractivity contribution is 6.30. The van der Waals surface area contributed by atoms with Crippen LogP contribution in [0.25, 0.3) is 0 Å². The van der Waals surface area contributed by atoms with Gasteiger partial charge in [-0.05, 0) is 48.9 Å². The van der Waals surface area contributed by atoms with Gasteiger partial charge in [0.1, 0.15) is 0 Å². The van der Waals surface area contributed by atoms with Gasteiger partial charge in [0, 0.05) is 11.1 Å². The molecule has 0 spiro atoms. The molecule has 2 heteroatoms. The summed E-state index contributed by atoms with van der Waals surface area (Å²) in [5.74, 6) is 1.36. The van der Waals surface area contributed by atoms with Crippen LogP contribution < -0.4 is 5.32 Å². The molecule has 0 aromatic heterocycles. The fourth-order valence-corrected chi connectivity index (χ4v) is 2.37. The minimum Gasteiger partial charge on any atom is -0.313 e. The summed E-state index contributed by atoms with van der Waals surface area (Å²) in [5, 5.41) is 4.51. The molecule has 1 N–H and O–H groups in total. The average molecular weight is 268 g/mol. The largest absolute Gasteiger partial charge is 0.313 e. The molecule has 1 aromatic carbocycles. The summed E-state index contributed by atoms with van der Waals surface area (Å²) in [6.07, 6.45) is 2.23. The summed E-state index contributed by atoms with van der Waals surface area (Å²) >= 11 is 6.05. The maximum atomic E-state index is 6.05. The first-order valence-electron chi connectivity index (χ1n) is 7.02. The quantitative estimate of drug-likeness (QED) is 0.765. The summed E-state index contributed by atoms with van der Waals surface area (Å²) in [6.45, 7) is 10.2. The van der Waals surface area contributed by atoms with E-state index in [1.807, 2.05) is 12.1 Å². The molecule has 0 heterocycles.